The first-order valence-corrected chi connectivity index (χ1v) is 12.5. The number of nitrogens with one attached hydrogen (secondary N) is 1. The predicted octanol–water partition coefficient (Wildman–Crippen LogP) is 3.28. The van der Waals surface area contributed by atoms with Crippen LogP contribution in [-0.4, -0.2) is 51.6 Å². The van der Waals surface area contributed by atoms with Crippen molar-refractivity contribution in [1.82, 2.24) is 20.2 Å². The highest BCUT2D eigenvalue weighted by Crippen LogP contribution is 2.29. The molecule has 2 aromatic heterocycles. The molecule has 3 heterocycles. The fourth-order valence-corrected chi connectivity index (χ4v) is 4.74. The molecule has 0 radical (unpaired) electrons. The van der Waals surface area contributed by atoms with Crippen LogP contribution in [0.15, 0.2) is 47.5 Å². The monoisotopic (exact) mass is 494 g/mol. The van der Waals surface area contributed by atoms with Crippen LogP contribution in [0.5, 0.6) is 5.75 Å². The van der Waals surface area contributed by atoms with E-state index in [1.54, 1.807) is 18.3 Å². The number of carbonyl (C=O) groups excluding carboxylic acids is 1. The van der Waals surface area contributed by atoms with Crippen molar-refractivity contribution in [2.24, 2.45) is 5.92 Å². The molecule has 2 N–H and O–H groups in total. The molecule has 1 amide bonds. The van der Waals surface area contributed by atoms with Gasteiger partial charge in [0.1, 0.15) is 6.61 Å². The summed E-state index contributed by atoms with van der Waals surface area (Å²) in [5.74, 6) is 0.747. The van der Waals surface area contributed by atoms with Gasteiger partial charge in [0, 0.05) is 43.6 Å². The first-order valence-electron chi connectivity index (χ1n) is 12.5. The van der Waals surface area contributed by atoms with Crippen LogP contribution in [0.25, 0.3) is 0 Å². The van der Waals surface area contributed by atoms with Crippen LogP contribution in [-0.2, 0) is 26.0 Å². The van der Waals surface area contributed by atoms with Crippen LogP contribution >= 0.6 is 0 Å². The van der Waals surface area contributed by atoms with Crippen molar-refractivity contribution < 1.29 is 23.4 Å². The lowest BCUT2D eigenvalue weighted by atomic mass is 9.82. The Hall–Kier alpha value is -3.30. The number of aliphatic hydroxyl groups is 1. The molecule has 0 saturated heterocycles. The number of benzene rings is 1. The van der Waals surface area contributed by atoms with E-state index in [4.69, 9.17) is 9.15 Å². The molecule has 36 heavy (non-hydrogen) atoms. The molecule has 1 fully saturated rings. The predicted molar refractivity (Wildman–Crippen MR) is 130 cm³/mol. The Kier molecular flexibility index (Phi) is 7.58. The molecule has 1 atom stereocenters. The Morgan fingerprint density at radius 3 is 2.97 bits per heavy atom. The molecule has 1 saturated carbocycles. The molecular weight excluding hydrogens is 463 g/mol. The molecule has 3 aromatic rings. The van der Waals surface area contributed by atoms with E-state index in [1.807, 2.05) is 6.07 Å². The first kappa shape index (κ1) is 24.4. The van der Waals surface area contributed by atoms with E-state index >= 15 is 0 Å². The third kappa shape index (κ3) is 6.09. The van der Waals surface area contributed by atoms with E-state index in [9.17, 15) is 14.3 Å². The summed E-state index contributed by atoms with van der Waals surface area (Å²) in [6, 6.07) is 6.78. The van der Waals surface area contributed by atoms with E-state index in [0.29, 0.717) is 36.8 Å². The highest BCUT2D eigenvalue weighted by atomic mass is 19.1. The number of hydrogen-bond acceptors (Lipinski definition) is 7. The molecule has 5 rings (SSSR count). The van der Waals surface area contributed by atoms with E-state index in [-0.39, 0.29) is 24.8 Å². The summed E-state index contributed by atoms with van der Waals surface area (Å²) in [7, 11) is 0. The molecule has 8 nitrogen and oxygen atoms in total. The minimum atomic E-state index is -0.735. The fourth-order valence-electron chi connectivity index (χ4n) is 4.74. The number of pyridine rings is 1. The summed E-state index contributed by atoms with van der Waals surface area (Å²) in [5, 5.41) is 13.4. The Morgan fingerprint density at radius 1 is 1.31 bits per heavy atom. The quantitative estimate of drug-likeness (QED) is 0.446. The molecule has 0 spiro atoms. The topological polar surface area (TPSA) is 101 Å². The van der Waals surface area contributed by atoms with Gasteiger partial charge in [0.05, 0.1) is 12.3 Å². The number of nitrogens with zero attached hydrogens (tertiary/aromatic N) is 3. The van der Waals surface area contributed by atoms with Gasteiger partial charge in [-0.1, -0.05) is 19.3 Å². The number of ether oxygens (including phenoxy) is 1. The van der Waals surface area contributed by atoms with E-state index in [0.717, 1.165) is 29.8 Å². The molecule has 190 valence electrons. The zero-order chi connectivity index (χ0) is 24.9. The van der Waals surface area contributed by atoms with Crippen molar-refractivity contribution in [3.63, 3.8) is 0 Å². The van der Waals surface area contributed by atoms with Gasteiger partial charge < -0.3 is 19.6 Å². The molecule has 0 unspecified atom stereocenters. The number of oxazole rings is 1. The first-order chi connectivity index (χ1) is 17.5. The Bertz CT molecular complexity index is 1180. The summed E-state index contributed by atoms with van der Waals surface area (Å²) in [6.45, 7) is 1.88. The third-order valence-electron chi connectivity index (χ3n) is 6.97. The van der Waals surface area contributed by atoms with Crippen LogP contribution in [0.3, 0.4) is 0 Å². The summed E-state index contributed by atoms with van der Waals surface area (Å²) in [4.78, 5) is 22.9. The van der Waals surface area contributed by atoms with Gasteiger partial charge in [-0.25, -0.2) is 9.37 Å². The number of halogens is 1. The summed E-state index contributed by atoms with van der Waals surface area (Å²) < 4.78 is 25.3. The van der Waals surface area contributed by atoms with E-state index in [2.05, 4.69) is 20.2 Å². The van der Waals surface area contributed by atoms with Crippen molar-refractivity contribution in [1.29, 1.82) is 0 Å². The Labute approximate surface area is 209 Å². The number of aromatic nitrogens is 2. The Morgan fingerprint density at radius 2 is 2.19 bits per heavy atom. The van der Waals surface area contributed by atoms with Gasteiger partial charge >= 0.3 is 0 Å². The van der Waals surface area contributed by atoms with E-state index in [1.165, 1.54) is 37.9 Å². The van der Waals surface area contributed by atoms with Gasteiger partial charge in [0.2, 0.25) is 0 Å². The molecule has 1 aliphatic carbocycles. The van der Waals surface area contributed by atoms with Crippen molar-refractivity contribution in [3.8, 4) is 5.75 Å². The van der Waals surface area contributed by atoms with Gasteiger partial charge in [0.15, 0.2) is 23.7 Å². The highest BCUT2D eigenvalue weighted by Gasteiger charge is 2.22. The number of hydrogen-bond donors (Lipinski definition) is 2. The second kappa shape index (κ2) is 11.2. The maximum atomic E-state index is 14.6. The van der Waals surface area contributed by atoms with Gasteiger partial charge in [-0.15, -0.1) is 0 Å². The molecule has 1 aromatic carbocycles. The minimum absolute atomic E-state index is 0.112. The maximum Gasteiger partial charge on any atom is 0.251 e. The molecule has 1 aliphatic heterocycles. The van der Waals surface area contributed by atoms with Gasteiger partial charge in [0.25, 0.3) is 5.91 Å². The maximum absolute atomic E-state index is 14.6. The van der Waals surface area contributed by atoms with Gasteiger partial charge in [-0.3, -0.25) is 14.7 Å². The lowest BCUT2D eigenvalue weighted by Crippen LogP contribution is -2.42. The lowest BCUT2D eigenvalue weighted by molar-refractivity contribution is 0.0841. The van der Waals surface area contributed by atoms with Crippen molar-refractivity contribution in [3.05, 3.63) is 77.0 Å². The van der Waals surface area contributed by atoms with E-state index < -0.39 is 11.9 Å². The number of rotatable bonds is 10. The summed E-state index contributed by atoms with van der Waals surface area (Å²) >= 11 is 0. The Balaban J connectivity index is 1.10. The van der Waals surface area contributed by atoms with Gasteiger partial charge in [-0.2, -0.15) is 0 Å². The minimum Gasteiger partial charge on any atom is -0.483 e. The number of amides is 1. The second-order valence-corrected chi connectivity index (χ2v) is 9.69. The zero-order valence-electron chi connectivity index (χ0n) is 20.2. The normalized spacial score (nSPS) is 16.7. The standard InChI is InChI=1S/C27H31FN4O4/c28-25-10-21-14-32(7-5-19(21)11-26(25)35-16-24-13-29-17-36-24)15-23(33)12-31-27(34)20-4-6-30-22(9-20)8-18-2-1-3-18/h4,6,9-11,13,17-18,23,33H,1-3,5,7-8,12,14-16H2,(H,31,34)/t23-/m0/s1. The average Bonchev–Trinajstić information content (AvgIpc) is 3.37. The van der Waals surface area contributed by atoms with Crippen LogP contribution in [0.2, 0.25) is 0 Å². The van der Waals surface area contributed by atoms with Crippen molar-refractivity contribution >= 4 is 5.91 Å². The second-order valence-electron chi connectivity index (χ2n) is 9.69. The van der Waals surface area contributed by atoms with Crippen LogP contribution in [0.4, 0.5) is 4.39 Å². The SMILES string of the molecule is O=C(NC[C@H](O)CN1CCc2cc(OCc3cnco3)c(F)cc2C1)c1ccnc(CC2CCC2)c1. The van der Waals surface area contributed by atoms with Crippen molar-refractivity contribution in [2.75, 3.05) is 19.6 Å². The highest BCUT2D eigenvalue weighted by molar-refractivity contribution is 5.94. The average molecular weight is 495 g/mol. The fraction of sp³-hybridized carbons (Fsp3) is 0.444. The lowest BCUT2D eigenvalue weighted by Gasteiger charge is -2.30. The third-order valence-corrected chi connectivity index (χ3v) is 6.97. The van der Waals surface area contributed by atoms with Crippen molar-refractivity contribution in [2.45, 2.75) is 51.4 Å². The number of carbonyl (C=O) groups is 1. The molecular formula is C27H31FN4O4. The molecule has 2 aliphatic rings. The smallest absolute Gasteiger partial charge is 0.251 e. The number of fused-ring (bicyclic) bond motifs is 1. The van der Waals surface area contributed by atoms with Gasteiger partial charge in [-0.05, 0) is 54.2 Å². The molecule has 9 heteroatoms. The van der Waals surface area contributed by atoms with Crippen LogP contribution in [0.1, 0.15) is 52.2 Å². The zero-order valence-corrected chi connectivity index (χ0v) is 20.2. The largest absolute Gasteiger partial charge is 0.483 e. The molecule has 0 bridgehead atoms. The summed E-state index contributed by atoms with van der Waals surface area (Å²) in [5.41, 5.74) is 3.41. The summed E-state index contributed by atoms with van der Waals surface area (Å²) in [6.07, 6.45) is 9.15. The van der Waals surface area contributed by atoms with Crippen LogP contribution < -0.4 is 10.1 Å². The van der Waals surface area contributed by atoms with Crippen LogP contribution in [0, 0.1) is 11.7 Å². The number of β-amino-alcohol motifs (C(OH)–C–C–N with tert-alkyl or cyclic N) is 1. The number of aliphatic hydroxyl groups excluding tert-OH is 1.